The molecule has 1 fully saturated rings. The van der Waals surface area contributed by atoms with Crippen molar-refractivity contribution in [2.24, 2.45) is 0 Å². The molecule has 2 heterocycles. The van der Waals surface area contributed by atoms with Crippen LogP contribution in [0.25, 0.3) is 22.0 Å². The second-order valence-electron chi connectivity index (χ2n) is 6.43. The maximum atomic E-state index is 10.5. The minimum absolute atomic E-state index is 0.474. The summed E-state index contributed by atoms with van der Waals surface area (Å²) in [6.45, 7) is 3.92. The number of rotatable bonds is 4. The molecule has 0 aliphatic carbocycles. The monoisotopic (exact) mass is 334 g/mol. The Kier molecular flexibility index (Phi) is 4.74. The van der Waals surface area contributed by atoms with Gasteiger partial charge in [-0.25, -0.2) is 0 Å². The van der Waals surface area contributed by atoms with E-state index < -0.39 is 6.10 Å². The van der Waals surface area contributed by atoms with E-state index in [9.17, 15) is 5.11 Å². The second kappa shape index (κ2) is 7.31. The molecule has 0 radical (unpaired) electrons. The summed E-state index contributed by atoms with van der Waals surface area (Å²) in [5, 5.41) is 11.6. The Morgan fingerprint density at radius 2 is 1.76 bits per heavy atom. The first-order valence-corrected chi connectivity index (χ1v) is 8.73. The van der Waals surface area contributed by atoms with Gasteiger partial charge in [0.2, 0.25) is 0 Å². The number of aliphatic hydroxyl groups excluding tert-OH is 1. The van der Waals surface area contributed by atoms with E-state index in [1.54, 1.807) is 0 Å². The van der Waals surface area contributed by atoms with Gasteiger partial charge in [0.05, 0.1) is 24.8 Å². The standard InChI is InChI=1S/C21H22N2O2/c24-20(15-23-11-13-25-14-12-23)17-8-6-16(7-9-17)19-5-1-3-18-4-2-10-22-21(18)19/h1-10,20,24H,11-15H2/t20-/m1/s1. The molecule has 4 heteroatoms. The molecule has 1 atom stereocenters. The molecule has 1 aliphatic heterocycles. The number of hydrogen-bond acceptors (Lipinski definition) is 4. The van der Waals surface area contributed by atoms with Crippen LogP contribution < -0.4 is 0 Å². The second-order valence-corrected chi connectivity index (χ2v) is 6.43. The van der Waals surface area contributed by atoms with Gasteiger partial charge in [0.15, 0.2) is 0 Å². The zero-order valence-electron chi connectivity index (χ0n) is 14.1. The fraction of sp³-hybridized carbons (Fsp3) is 0.286. The number of hydrogen-bond donors (Lipinski definition) is 1. The van der Waals surface area contributed by atoms with E-state index >= 15 is 0 Å². The first-order chi connectivity index (χ1) is 12.3. The highest BCUT2D eigenvalue weighted by molar-refractivity contribution is 5.93. The predicted molar refractivity (Wildman–Crippen MR) is 99.4 cm³/mol. The average molecular weight is 334 g/mol. The Balaban J connectivity index is 1.55. The Hall–Kier alpha value is -2.27. The number of para-hydroxylation sites is 1. The summed E-state index contributed by atoms with van der Waals surface area (Å²) in [6.07, 6.45) is 1.35. The minimum Gasteiger partial charge on any atom is -0.387 e. The van der Waals surface area contributed by atoms with Gasteiger partial charge in [-0.1, -0.05) is 48.5 Å². The Bertz CT molecular complexity index is 837. The largest absolute Gasteiger partial charge is 0.387 e. The van der Waals surface area contributed by atoms with E-state index in [1.165, 1.54) is 0 Å². The van der Waals surface area contributed by atoms with Gasteiger partial charge < -0.3 is 9.84 Å². The van der Waals surface area contributed by atoms with Crippen LogP contribution in [0.4, 0.5) is 0 Å². The third kappa shape index (κ3) is 3.56. The number of nitrogens with zero attached hydrogens (tertiary/aromatic N) is 2. The number of fused-ring (bicyclic) bond motifs is 1. The lowest BCUT2D eigenvalue weighted by Crippen LogP contribution is -2.38. The summed E-state index contributed by atoms with van der Waals surface area (Å²) in [5.74, 6) is 0. The zero-order chi connectivity index (χ0) is 17.1. The van der Waals surface area contributed by atoms with Crippen molar-refractivity contribution < 1.29 is 9.84 Å². The van der Waals surface area contributed by atoms with Gasteiger partial charge in [-0.2, -0.15) is 0 Å². The van der Waals surface area contributed by atoms with Crippen LogP contribution in [0.2, 0.25) is 0 Å². The van der Waals surface area contributed by atoms with Crippen LogP contribution in [0.5, 0.6) is 0 Å². The maximum Gasteiger partial charge on any atom is 0.0916 e. The third-order valence-electron chi connectivity index (χ3n) is 4.77. The smallest absolute Gasteiger partial charge is 0.0916 e. The average Bonchev–Trinajstić information content (AvgIpc) is 2.68. The molecule has 128 valence electrons. The topological polar surface area (TPSA) is 45.6 Å². The summed E-state index contributed by atoms with van der Waals surface area (Å²) in [5.41, 5.74) is 4.19. The van der Waals surface area contributed by atoms with Crippen molar-refractivity contribution in [2.75, 3.05) is 32.8 Å². The maximum absolute atomic E-state index is 10.5. The number of benzene rings is 2. The normalized spacial score (nSPS) is 16.8. The SMILES string of the molecule is O[C@H](CN1CCOCC1)c1ccc(-c2cccc3cccnc23)cc1. The van der Waals surface area contributed by atoms with Crippen LogP contribution in [0.15, 0.2) is 60.8 Å². The van der Waals surface area contributed by atoms with E-state index in [2.05, 4.69) is 46.3 Å². The molecule has 0 saturated carbocycles. The molecule has 0 amide bonds. The van der Waals surface area contributed by atoms with Gasteiger partial charge in [0.1, 0.15) is 0 Å². The first kappa shape index (κ1) is 16.2. The number of aliphatic hydroxyl groups is 1. The van der Waals surface area contributed by atoms with Crippen LogP contribution >= 0.6 is 0 Å². The summed E-state index contributed by atoms with van der Waals surface area (Å²) >= 11 is 0. The quantitative estimate of drug-likeness (QED) is 0.795. The summed E-state index contributed by atoms with van der Waals surface area (Å²) in [6, 6.07) is 18.4. The molecule has 1 N–H and O–H groups in total. The highest BCUT2D eigenvalue weighted by Crippen LogP contribution is 2.28. The van der Waals surface area contributed by atoms with Crippen molar-refractivity contribution in [3.8, 4) is 11.1 Å². The molecule has 3 aromatic rings. The van der Waals surface area contributed by atoms with Crippen LogP contribution in [-0.2, 0) is 4.74 Å². The van der Waals surface area contributed by atoms with Gasteiger partial charge in [0.25, 0.3) is 0 Å². The molecular weight excluding hydrogens is 312 g/mol. The van der Waals surface area contributed by atoms with E-state index in [0.29, 0.717) is 6.54 Å². The molecule has 0 bridgehead atoms. The van der Waals surface area contributed by atoms with Crippen molar-refractivity contribution >= 4 is 10.9 Å². The molecule has 25 heavy (non-hydrogen) atoms. The molecule has 0 unspecified atom stereocenters. The highest BCUT2D eigenvalue weighted by Gasteiger charge is 2.16. The zero-order valence-corrected chi connectivity index (χ0v) is 14.1. The lowest BCUT2D eigenvalue weighted by molar-refractivity contribution is 0.0143. The number of aromatic nitrogens is 1. The van der Waals surface area contributed by atoms with Crippen LogP contribution in [-0.4, -0.2) is 47.8 Å². The van der Waals surface area contributed by atoms with Crippen LogP contribution in [0, 0.1) is 0 Å². The van der Waals surface area contributed by atoms with Gasteiger partial charge in [-0.3, -0.25) is 9.88 Å². The summed E-state index contributed by atoms with van der Waals surface area (Å²) in [4.78, 5) is 6.77. The van der Waals surface area contributed by atoms with Crippen LogP contribution in [0.3, 0.4) is 0 Å². The highest BCUT2D eigenvalue weighted by atomic mass is 16.5. The third-order valence-corrected chi connectivity index (χ3v) is 4.77. The molecule has 4 nitrogen and oxygen atoms in total. The Labute approximate surface area is 147 Å². The van der Waals surface area contributed by atoms with E-state index in [-0.39, 0.29) is 0 Å². The first-order valence-electron chi connectivity index (χ1n) is 8.73. The van der Waals surface area contributed by atoms with Crippen molar-refractivity contribution in [1.82, 2.24) is 9.88 Å². The van der Waals surface area contributed by atoms with Crippen LogP contribution in [0.1, 0.15) is 11.7 Å². The molecule has 1 aliphatic rings. The van der Waals surface area contributed by atoms with Crippen molar-refractivity contribution in [3.63, 3.8) is 0 Å². The van der Waals surface area contributed by atoms with E-state index in [0.717, 1.165) is 53.9 Å². The van der Waals surface area contributed by atoms with Gasteiger partial charge in [-0.15, -0.1) is 0 Å². The van der Waals surface area contributed by atoms with E-state index in [1.807, 2.05) is 24.4 Å². The van der Waals surface area contributed by atoms with Crippen molar-refractivity contribution in [2.45, 2.75) is 6.10 Å². The molecule has 4 rings (SSSR count). The van der Waals surface area contributed by atoms with Crippen molar-refractivity contribution in [3.05, 3.63) is 66.4 Å². The number of pyridine rings is 1. The fourth-order valence-corrected chi connectivity index (χ4v) is 3.36. The molecule has 1 aromatic heterocycles. The fourth-order valence-electron chi connectivity index (χ4n) is 3.36. The van der Waals surface area contributed by atoms with E-state index in [4.69, 9.17) is 4.74 Å². The van der Waals surface area contributed by atoms with Gasteiger partial charge >= 0.3 is 0 Å². The lowest BCUT2D eigenvalue weighted by Gasteiger charge is -2.28. The van der Waals surface area contributed by atoms with Gasteiger partial charge in [0, 0.05) is 36.8 Å². The molecular formula is C21H22N2O2. The number of ether oxygens (including phenoxy) is 1. The lowest BCUT2D eigenvalue weighted by atomic mass is 9.99. The van der Waals surface area contributed by atoms with Crippen molar-refractivity contribution in [1.29, 1.82) is 0 Å². The van der Waals surface area contributed by atoms with Gasteiger partial charge in [-0.05, 0) is 17.2 Å². The number of morpholine rings is 1. The Morgan fingerprint density at radius 1 is 1.00 bits per heavy atom. The summed E-state index contributed by atoms with van der Waals surface area (Å²) < 4.78 is 5.36. The number of β-amino-alcohol motifs (C(OH)–C–C–N with tert-alkyl or cyclic N) is 1. The molecule has 0 spiro atoms. The Morgan fingerprint density at radius 3 is 2.56 bits per heavy atom. The minimum atomic E-state index is -0.474. The molecule has 2 aromatic carbocycles. The predicted octanol–water partition coefficient (Wildman–Crippen LogP) is 3.27. The molecule has 1 saturated heterocycles. The summed E-state index contributed by atoms with van der Waals surface area (Å²) in [7, 11) is 0.